The summed E-state index contributed by atoms with van der Waals surface area (Å²) < 4.78 is 13.3. The van der Waals surface area contributed by atoms with Crippen molar-refractivity contribution in [2.45, 2.75) is 45.6 Å². The third-order valence-corrected chi connectivity index (χ3v) is 6.43. The van der Waals surface area contributed by atoms with Gasteiger partial charge in [0.05, 0.1) is 10.4 Å². The molecule has 1 amide bonds. The average Bonchev–Trinajstić information content (AvgIpc) is 2.88. The summed E-state index contributed by atoms with van der Waals surface area (Å²) in [6.07, 6.45) is 2.78. The molecule has 0 atom stereocenters. The minimum absolute atomic E-state index is 0.0911. The van der Waals surface area contributed by atoms with Gasteiger partial charge >= 0.3 is 0 Å². The molecule has 134 valence electrons. The van der Waals surface area contributed by atoms with Crippen LogP contribution in [0.3, 0.4) is 0 Å². The molecule has 1 aliphatic rings. The Morgan fingerprint density at radius 3 is 2.46 bits per heavy atom. The summed E-state index contributed by atoms with van der Waals surface area (Å²) in [5.41, 5.74) is 2.39. The highest BCUT2D eigenvalue weighted by Crippen LogP contribution is 2.42. The van der Waals surface area contributed by atoms with E-state index in [1.165, 1.54) is 23.5 Å². The van der Waals surface area contributed by atoms with E-state index in [1.807, 2.05) is 20.8 Å². The van der Waals surface area contributed by atoms with Crippen LogP contribution in [0.25, 0.3) is 10.2 Å². The Morgan fingerprint density at radius 1 is 1.15 bits per heavy atom. The second kappa shape index (κ2) is 6.13. The van der Waals surface area contributed by atoms with E-state index in [4.69, 9.17) is 0 Å². The second-order valence-electron chi connectivity index (χ2n) is 6.99. The van der Waals surface area contributed by atoms with Gasteiger partial charge in [-0.1, -0.05) is 12.1 Å². The predicted octanol–water partition coefficient (Wildman–Crippen LogP) is 4.56. The molecule has 2 aromatic heterocycles. The maximum absolute atomic E-state index is 13.3. The molecule has 1 fully saturated rings. The van der Waals surface area contributed by atoms with Crippen LogP contribution < -0.4 is 5.32 Å². The third-order valence-electron chi connectivity index (χ3n) is 5.25. The van der Waals surface area contributed by atoms with Crippen molar-refractivity contribution < 1.29 is 9.18 Å². The lowest BCUT2D eigenvalue weighted by molar-refractivity contribution is 0.0827. The molecule has 0 saturated heterocycles. The van der Waals surface area contributed by atoms with Gasteiger partial charge in [0.2, 0.25) is 0 Å². The van der Waals surface area contributed by atoms with Crippen molar-refractivity contribution in [3.63, 3.8) is 0 Å². The molecular weight excluding hydrogens is 349 g/mol. The van der Waals surface area contributed by atoms with Crippen LogP contribution in [0.1, 0.15) is 51.6 Å². The zero-order chi connectivity index (χ0) is 18.5. The molecular formula is C20H20FN3OS. The van der Waals surface area contributed by atoms with Crippen LogP contribution >= 0.6 is 11.3 Å². The standard InChI is InChI=1S/C20H20FN3OS/c1-11-16-12(2)22-13(3)23-19(16)26-17(11)18(25)24-20(9-4-10-20)14-5-7-15(21)8-6-14/h5-8H,4,9-10H2,1-3H3,(H,24,25). The van der Waals surface area contributed by atoms with Gasteiger partial charge in [0.25, 0.3) is 5.91 Å². The van der Waals surface area contributed by atoms with Gasteiger partial charge in [-0.05, 0) is 63.3 Å². The topological polar surface area (TPSA) is 54.9 Å². The highest BCUT2D eigenvalue weighted by molar-refractivity contribution is 7.20. The monoisotopic (exact) mass is 369 g/mol. The number of nitrogens with zero attached hydrogens (tertiary/aromatic N) is 2. The molecule has 0 spiro atoms. The van der Waals surface area contributed by atoms with E-state index in [9.17, 15) is 9.18 Å². The molecule has 1 aliphatic carbocycles. The number of hydrogen-bond acceptors (Lipinski definition) is 4. The van der Waals surface area contributed by atoms with E-state index in [0.717, 1.165) is 46.3 Å². The maximum Gasteiger partial charge on any atom is 0.262 e. The number of hydrogen-bond donors (Lipinski definition) is 1. The average molecular weight is 369 g/mol. The summed E-state index contributed by atoms with van der Waals surface area (Å²) in [4.78, 5) is 23.5. The lowest BCUT2D eigenvalue weighted by Gasteiger charge is -2.43. The number of rotatable bonds is 3. The van der Waals surface area contributed by atoms with E-state index < -0.39 is 5.54 Å². The number of benzene rings is 1. The lowest BCUT2D eigenvalue weighted by Crippen LogP contribution is -2.50. The van der Waals surface area contributed by atoms with Gasteiger partial charge in [-0.25, -0.2) is 14.4 Å². The molecule has 2 heterocycles. The fourth-order valence-corrected chi connectivity index (χ4v) is 4.92. The van der Waals surface area contributed by atoms with E-state index in [-0.39, 0.29) is 11.7 Å². The summed E-state index contributed by atoms with van der Waals surface area (Å²) in [6.45, 7) is 5.76. The molecule has 1 aromatic carbocycles. The SMILES string of the molecule is Cc1nc(C)c2c(C)c(C(=O)NC3(c4ccc(F)cc4)CCC3)sc2n1. The normalized spacial score (nSPS) is 15.7. The van der Waals surface area contributed by atoms with Crippen LogP contribution in [0.2, 0.25) is 0 Å². The number of nitrogens with one attached hydrogen (secondary N) is 1. The van der Waals surface area contributed by atoms with Crippen molar-refractivity contribution in [2.24, 2.45) is 0 Å². The van der Waals surface area contributed by atoms with E-state index >= 15 is 0 Å². The summed E-state index contributed by atoms with van der Waals surface area (Å²) in [5.74, 6) is 0.357. The first kappa shape index (κ1) is 17.1. The molecule has 0 bridgehead atoms. The molecule has 0 aliphatic heterocycles. The molecule has 0 unspecified atom stereocenters. The number of carbonyl (C=O) groups is 1. The summed E-state index contributed by atoms with van der Waals surface area (Å²) in [5, 5.41) is 4.19. The summed E-state index contributed by atoms with van der Waals surface area (Å²) in [6, 6.07) is 6.44. The smallest absolute Gasteiger partial charge is 0.262 e. The number of carbonyl (C=O) groups excluding carboxylic acids is 1. The Balaban J connectivity index is 1.70. The van der Waals surface area contributed by atoms with Gasteiger partial charge in [0.15, 0.2) is 0 Å². The highest BCUT2D eigenvalue weighted by Gasteiger charge is 2.40. The van der Waals surface area contributed by atoms with E-state index in [2.05, 4.69) is 15.3 Å². The van der Waals surface area contributed by atoms with Gasteiger partial charge in [0.1, 0.15) is 16.5 Å². The quantitative estimate of drug-likeness (QED) is 0.736. The van der Waals surface area contributed by atoms with E-state index in [0.29, 0.717) is 10.7 Å². The first-order valence-corrected chi connectivity index (χ1v) is 9.54. The Morgan fingerprint density at radius 2 is 1.85 bits per heavy atom. The van der Waals surface area contributed by atoms with Crippen LogP contribution in [-0.4, -0.2) is 15.9 Å². The molecule has 26 heavy (non-hydrogen) atoms. The number of thiophene rings is 1. The van der Waals surface area contributed by atoms with Gasteiger partial charge in [-0.15, -0.1) is 11.3 Å². The van der Waals surface area contributed by atoms with Crippen LogP contribution in [0, 0.1) is 26.6 Å². The third kappa shape index (κ3) is 2.69. The number of aryl methyl sites for hydroxylation is 3. The van der Waals surface area contributed by atoms with Gasteiger partial charge in [0, 0.05) is 11.1 Å². The molecule has 4 nitrogen and oxygen atoms in total. The second-order valence-corrected chi connectivity index (χ2v) is 7.99. The zero-order valence-electron chi connectivity index (χ0n) is 15.0. The summed E-state index contributed by atoms with van der Waals surface area (Å²) in [7, 11) is 0. The number of fused-ring (bicyclic) bond motifs is 1. The van der Waals surface area contributed by atoms with Crippen molar-refractivity contribution >= 4 is 27.5 Å². The Kier molecular flexibility index (Phi) is 4.03. The Hall–Kier alpha value is -2.34. The van der Waals surface area contributed by atoms with Gasteiger partial charge in [-0.3, -0.25) is 4.79 Å². The van der Waals surface area contributed by atoms with Crippen LogP contribution in [0.4, 0.5) is 4.39 Å². The van der Waals surface area contributed by atoms with Crippen molar-refractivity contribution in [1.82, 2.24) is 15.3 Å². The van der Waals surface area contributed by atoms with Crippen molar-refractivity contribution in [2.75, 3.05) is 0 Å². The maximum atomic E-state index is 13.3. The molecule has 1 N–H and O–H groups in total. The van der Waals surface area contributed by atoms with Crippen molar-refractivity contribution in [1.29, 1.82) is 0 Å². The largest absolute Gasteiger partial charge is 0.342 e. The number of amides is 1. The van der Waals surface area contributed by atoms with E-state index in [1.54, 1.807) is 12.1 Å². The molecule has 6 heteroatoms. The fourth-order valence-electron chi connectivity index (χ4n) is 3.75. The predicted molar refractivity (Wildman–Crippen MR) is 101 cm³/mol. The Labute approximate surface area is 155 Å². The van der Waals surface area contributed by atoms with Crippen LogP contribution in [0.5, 0.6) is 0 Å². The minimum atomic E-state index is -0.399. The van der Waals surface area contributed by atoms with Crippen molar-refractivity contribution in [3.05, 3.63) is 57.6 Å². The van der Waals surface area contributed by atoms with Gasteiger partial charge in [-0.2, -0.15) is 0 Å². The molecule has 1 saturated carbocycles. The van der Waals surface area contributed by atoms with Crippen molar-refractivity contribution in [3.8, 4) is 0 Å². The first-order chi connectivity index (χ1) is 12.4. The zero-order valence-corrected chi connectivity index (χ0v) is 15.8. The Bertz CT molecular complexity index is 1010. The fraction of sp³-hybridized carbons (Fsp3) is 0.350. The minimum Gasteiger partial charge on any atom is -0.342 e. The van der Waals surface area contributed by atoms with Gasteiger partial charge < -0.3 is 5.32 Å². The number of halogens is 1. The molecule has 0 radical (unpaired) electrons. The van der Waals surface area contributed by atoms with Crippen LogP contribution in [-0.2, 0) is 5.54 Å². The number of aromatic nitrogens is 2. The van der Waals surface area contributed by atoms with Crippen LogP contribution in [0.15, 0.2) is 24.3 Å². The summed E-state index contributed by atoms with van der Waals surface area (Å²) >= 11 is 1.41. The first-order valence-electron chi connectivity index (χ1n) is 8.72. The molecule has 3 aromatic rings. The highest BCUT2D eigenvalue weighted by atomic mass is 32.1. The lowest BCUT2D eigenvalue weighted by atomic mass is 9.71. The molecule has 4 rings (SSSR count).